The quantitative estimate of drug-likeness (QED) is 0.719. The molecule has 10 heteroatoms. The van der Waals surface area contributed by atoms with E-state index in [0.29, 0.717) is 11.2 Å². The number of hydrogen-bond acceptors (Lipinski definition) is 6. The molecule has 0 bridgehead atoms. The van der Waals surface area contributed by atoms with Crippen molar-refractivity contribution < 1.29 is 8.42 Å². The van der Waals surface area contributed by atoms with Gasteiger partial charge in [0, 0.05) is 0 Å². The fourth-order valence-corrected chi connectivity index (χ4v) is 3.59. The number of aromatic nitrogens is 4. The minimum absolute atomic E-state index is 0.103. The minimum atomic E-state index is -3.69. The molecule has 7 nitrogen and oxygen atoms in total. The average Bonchev–Trinajstić information content (AvgIpc) is 2.99. The molecule has 0 saturated heterocycles. The van der Waals surface area contributed by atoms with E-state index in [1.54, 1.807) is 11.4 Å². The first kappa shape index (κ1) is 12.3. The van der Waals surface area contributed by atoms with Gasteiger partial charge in [-0.25, -0.2) is 18.1 Å². The second kappa shape index (κ2) is 4.44. The Morgan fingerprint density at radius 2 is 2.21 bits per heavy atom. The summed E-state index contributed by atoms with van der Waals surface area (Å²) < 4.78 is 26.4. The Morgan fingerprint density at radius 1 is 1.37 bits per heavy atom. The van der Waals surface area contributed by atoms with Gasteiger partial charge in [-0.05, 0) is 11.4 Å². The first-order valence-electron chi connectivity index (χ1n) is 4.99. The molecule has 0 saturated carbocycles. The van der Waals surface area contributed by atoms with Crippen molar-refractivity contribution in [3.63, 3.8) is 0 Å². The first-order valence-corrected chi connectivity index (χ1v) is 7.73. The summed E-state index contributed by atoms with van der Waals surface area (Å²) in [6, 6.07) is 3.13. The Labute approximate surface area is 116 Å². The molecular weight excluding hydrogens is 310 g/mol. The number of nitrogens with one attached hydrogen (secondary N) is 2. The Morgan fingerprint density at radius 3 is 2.95 bits per heavy atom. The number of H-pyrrole nitrogens is 1. The van der Waals surface area contributed by atoms with Crippen LogP contribution < -0.4 is 4.72 Å². The summed E-state index contributed by atoms with van der Waals surface area (Å²) in [6.45, 7) is 0. The SMILES string of the molecule is O=S(=O)(Nc1nc(Cl)c2[nH]cnc2n1)c1cccs1. The molecule has 0 aliphatic heterocycles. The molecule has 0 amide bonds. The van der Waals surface area contributed by atoms with Crippen LogP contribution in [0.3, 0.4) is 0 Å². The molecule has 0 atom stereocenters. The van der Waals surface area contributed by atoms with Gasteiger partial charge in [0.1, 0.15) is 9.73 Å². The first-order chi connectivity index (χ1) is 9.06. The summed E-state index contributed by atoms with van der Waals surface area (Å²) in [6.07, 6.45) is 1.41. The van der Waals surface area contributed by atoms with E-state index in [0.717, 1.165) is 11.3 Å². The summed E-state index contributed by atoms with van der Waals surface area (Å²) in [5.74, 6) is -0.113. The summed E-state index contributed by atoms with van der Waals surface area (Å²) >= 11 is 7.00. The third-order valence-electron chi connectivity index (χ3n) is 2.23. The van der Waals surface area contributed by atoms with Gasteiger partial charge < -0.3 is 4.98 Å². The molecule has 3 rings (SSSR count). The number of hydrogen-bond donors (Lipinski definition) is 2. The van der Waals surface area contributed by atoms with Gasteiger partial charge in [0.15, 0.2) is 10.8 Å². The van der Waals surface area contributed by atoms with Crippen molar-refractivity contribution in [2.75, 3.05) is 4.72 Å². The van der Waals surface area contributed by atoms with Gasteiger partial charge in [0.05, 0.1) is 6.33 Å². The fraction of sp³-hybridized carbons (Fsp3) is 0. The molecule has 3 heterocycles. The number of nitrogens with zero attached hydrogens (tertiary/aromatic N) is 3. The number of sulfonamides is 1. The van der Waals surface area contributed by atoms with E-state index in [-0.39, 0.29) is 15.3 Å². The molecule has 0 radical (unpaired) electrons. The smallest absolute Gasteiger partial charge is 0.273 e. The Hall–Kier alpha value is -1.71. The highest BCUT2D eigenvalue weighted by Gasteiger charge is 2.18. The summed E-state index contributed by atoms with van der Waals surface area (Å²) in [5, 5.41) is 1.77. The van der Waals surface area contributed by atoms with E-state index in [4.69, 9.17) is 11.6 Å². The van der Waals surface area contributed by atoms with Crippen LogP contribution in [-0.4, -0.2) is 28.4 Å². The summed E-state index contributed by atoms with van der Waals surface area (Å²) in [5.41, 5.74) is 0.754. The van der Waals surface area contributed by atoms with Crippen molar-refractivity contribution in [2.45, 2.75) is 4.21 Å². The molecule has 3 aromatic heterocycles. The lowest BCUT2D eigenvalue weighted by molar-refractivity contribution is 0.603. The van der Waals surface area contributed by atoms with Gasteiger partial charge in [-0.15, -0.1) is 11.3 Å². The van der Waals surface area contributed by atoms with Crippen LogP contribution in [0.15, 0.2) is 28.0 Å². The lowest BCUT2D eigenvalue weighted by atomic mass is 10.6. The predicted octanol–water partition coefficient (Wildman–Crippen LogP) is 1.87. The molecule has 98 valence electrons. The van der Waals surface area contributed by atoms with E-state index in [9.17, 15) is 8.42 Å². The van der Waals surface area contributed by atoms with Crippen LogP contribution in [0, 0.1) is 0 Å². The van der Waals surface area contributed by atoms with Crippen LogP contribution in [0.4, 0.5) is 5.95 Å². The zero-order valence-electron chi connectivity index (χ0n) is 9.16. The normalized spacial score (nSPS) is 11.8. The largest absolute Gasteiger partial charge is 0.341 e. The minimum Gasteiger partial charge on any atom is -0.341 e. The second-order valence-corrected chi connectivity index (χ2v) is 6.69. The van der Waals surface area contributed by atoms with Crippen LogP contribution in [0.25, 0.3) is 11.2 Å². The third kappa shape index (κ3) is 2.27. The molecule has 0 aromatic carbocycles. The third-order valence-corrected chi connectivity index (χ3v) is 5.23. The highest BCUT2D eigenvalue weighted by molar-refractivity contribution is 7.94. The number of aromatic amines is 1. The van der Waals surface area contributed by atoms with Gasteiger partial charge in [0.25, 0.3) is 10.0 Å². The molecule has 19 heavy (non-hydrogen) atoms. The zero-order valence-corrected chi connectivity index (χ0v) is 11.6. The molecule has 0 fully saturated rings. The lowest BCUT2D eigenvalue weighted by Gasteiger charge is -2.04. The maximum atomic E-state index is 12.0. The number of imidazole rings is 1. The number of halogens is 1. The van der Waals surface area contributed by atoms with Gasteiger partial charge >= 0.3 is 0 Å². The van der Waals surface area contributed by atoms with Crippen LogP contribution >= 0.6 is 22.9 Å². The topological polar surface area (TPSA) is 101 Å². The molecule has 0 aliphatic carbocycles. The van der Waals surface area contributed by atoms with Crippen molar-refractivity contribution in [2.24, 2.45) is 0 Å². The van der Waals surface area contributed by atoms with Gasteiger partial charge in [-0.3, -0.25) is 0 Å². The van der Waals surface area contributed by atoms with Crippen LogP contribution in [0.5, 0.6) is 0 Å². The molecule has 0 spiro atoms. The highest BCUT2D eigenvalue weighted by Crippen LogP contribution is 2.22. The molecular formula is C9H6ClN5O2S2. The number of thiophene rings is 1. The lowest BCUT2D eigenvalue weighted by Crippen LogP contribution is -2.14. The second-order valence-electron chi connectivity index (χ2n) is 3.48. The number of fused-ring (bicyclic) bond motifs is 1. The average molecular weight is 316 g/mol. The van der Waals surface area contributed by atoms with Crippen LogP contribution in [-0.2, 0) is 10.0 Å². The van der Waals surface area contributed by atoms with Crippen molar-refractivity contribution >= 4 is 50.1 Å². The van der Waals surface area contributed by atoms with Crippen molar-refractivity contribution in [3.05, 3.63) is 29.0 Å². The van der Waals surface area contributed by atoms with E-state index in [1.807, 2.05) is 0 Å². The predicted molar refractivity (Wildman–Crippen MR) is 71.8 cm³/mol. The van der Waals surface area contributed by atoms with Gasteiger partial charge in [-0.2, -0.15) is 9.97 Å². The van der Waals surface area contributed by atoms with E-state index >= 15 is 0 Å². The Bertz CT molecular complexity index is 828. The Balaban J connectivity index is 2.02. The van der Waals surface area contributed by atoms with Crippen LogP contribution in [0.1, 0.15) is 0 Å². The van der Waals surface area contributed by atoms with Gasteiger partial charge in [0.2, 0.25) is 5.95 Å². The standard InChI is InChI=1S/C9H6ClN5O2S2/c10-7-6-8(12-4-11-6)14-9(13-7)15-19(16,17)5-2-1-3-18-5/h1-4H,(H2,11,12,13,14,15). The summed E-state index contributed by atoms with van der Waals surface area (Å²) in [7, 11) is -3.69. The Kier molecular flexibility index (Phi) is 2.88. The van der Waals surface area contributed by atoms with Crippen molar-refractivity contribution in [1.82, 2.24) is 19.9 Å². The molecule has 0 aliphatic rings. The number of rotatable bonds is 3. The van der Waals surface area contributed by atoms with Crippen molar-refractivity contribution in [1.29, 1.82) is 0 Å². The molecule has 2 N–H and O–H groups in total. The zero-order chi connectivity index (χ0) is 13.5. The van der Waals surface area contributed by atoms with Gasteiger partial charge in [-0.1, -0.05) is 17.7 Å². The summed E-state index contributed by atoms with van der Waals surface area (Å²) in [4.78, 5) is 14.5. The van der Waals surface area contributed by atoms with E-state index in [1.165, 1.54) is 12.4 Å². The van der Waals surface area contributed by atoms with E-state index in [2.05, 4.69) is 24.7 Å². The van der Waals surface area contributed by atoms with Crippen LogP contribution in [0.2, 0.25) is 5.15 Å². The monoisotopic (exact) mass is 315 g/mol. The fourth-order valence-electron chi connectivity index (χ4n) is 1.43. The number of anilines is 1. The maximum absolute atomic E-state index is 12.0. The van der Waals surface area contributed by atoms with E-state index < -0.39 is 10.0 Å². The molecule has 0 unspecified atom stereocenters. The maximum Gasteiger partial charge on any atom is 0.273 e. The van der Waals surface area contributed by atoms with Crippen molar-refractivity contribution in [3.8, 4) is 0 Å². The highest BCUT2D eigenvalue weighted by atomic mass is 35.5. The molecule has 3 aromatic rings.